The van der Waals surface area contributed by atoms with Crippen molar-refractivity contribution in [3.63, 3.8) is 0 Å². The largest absolute Gasteiger partial charge is 0.347 e. The molecule has 258 valence electrons. The van der Waals surface area contributed by atoms with Crippen LogP contribution < -0.4 is 21.3 Å². The lowest BCUT2D eigenvalue weighted by Gasteiger charge is -2.35. The van der Waals surface area contributed by atoms with E-state index in [2.05, 4.69) is 31.2 Å². The van der Waals surface area contributed by atoms with Crippen molar-refractivity contribution in [1.82, 2.24) is 36.1 Å². The Kier molecular flexibility index (Phi) is 12.8. The fourth-order valence-corrected chi connectivity index (χ4v) is 6.78. The summed E-state index contributed by atoms with van der Waals surface area (Å²) in [7, 11) is 0. The topological polar surface area (TPSA) is 180 Å². The highest BCUT2D eigenvalue weighted by Gasteiger charge is 2.45. The zero-order valence-electron chi connectivity index (χ0n) is 28.1. The van der Waals surface area contributed by atoms with E-state index in [0.717, 1.165) is 44.9 Å². The maximum absolute atomic E-state index is 14.2. The van der Waals surface area contributed by atoms with Gasteiger partial charge in [0.15, 0.2) is 0 Å². The van der Waals surface area contributed by atoms with Gasteiger partial charge in [-0.25, -0.2) is 4.98 Å². The lowest BCUT2D eigenvalue weighted by atomic mass is 9.83. The van der Waals surface area contributed by atoms with E-state index in [1.807, 2.05) is 27.7 Å². The van der Waals surface area contributed by atoms with Crippen molar-refractivity contribution in [2.24, 2.45) is 17.8 Å². The van der Waals surface area contributed by atoms with Crippen LogP contribution in [0.2, 0.25) is 0 Å². The average Bonchev–Trinajstić information content (AvgIpc) is 3.79. The SMILES string of the molecule is CCCC(NC(=O)[C@@H]1[C@@H](CC)CCN1C(=O)[C@@H](NC(=O)[C@@H](NC(=O)c1cnccn1)C1CCCCC1)C(C)C)C(=O)C(=O)NC1CC1. The van der Waals surface area contributed by atoms with Crippen LogP contribution in [-0.4, -0.2) is 86.9 Å². The first-order valence-electron chi connectivity index (χ1n) is 17.4. The smallest absolute Gasteiger partial charge is 0.289 e. The van der Waals surface area contributed by atoms with Gasteiger partial charge in [-0.3, -0.25) is 33.8 Å². The van der Waals surface area contributed by atoms with Crippen molar-refractivity contribution < 1.29 is 28.8 Å². The number of aromatic nitrogens is 2. The zero-order chi connectivity index (χ0) is 34.1. The van der Waals surface area contributed by atoms with Gasteiger partial charge in [-0.05, 0) is 56.3 Å². The van der Waals surface area contributed by atoms with E-state index in [9.17, 15) is 28.8 Å². The Morgan fingerprint density at radius 2 is 1.64 bits per heavy atom. The fourth-order valence-electron chi connectivity index (χ4n) is 6.78. The molecule has 1 aromatic heterocycles. The predicted molar refractivity (Wildman–Crippen MR) is 174 cm³/mol. The lowest BCUT2D eigenvalue weighted by Crippen LogP contribution is -2.60. The molecular formula is C34H51N7O6. The minimum atomic E-state index is -0.990. The number of amides is 5. The van der Waals surface area contributed by atoms with Crippen molar-refractivity contribution in [2.45, 2.75) is 129 Å². The van der Waals surface area contributed by atoms with Crippen molar-refractivity contribution in [1.29, 1.82) is 0 Å². The second kappa shape index (κ2) is 16.8. The highest BCUT2D eigenvalue weighted by molar-refractivity contribution is 6.38. The maximum Gasteiger partial charge on any atom is 0.289 e. The maximum atomic E-state index is 14.2. The third kappa shape index (κ3) is 9.35. The van der Waals surface area contributed by atoms with E-state index in [-0.39, 0.29) is 29.5 Å². The standard InChI is InChI=1S/C34H51N7O6/c1-5-10-24(29(42)33(46)37-23-13-14-23)38-32(45)28-21(6-2)15-18-41(28)34(47)26(20(3)4)39-31(44)27(22-11-8-7-9-12-22)40-30(43)25-19-35-16-17-36-25/h16-17,19-24,26-28H,5-15,18H2,1-4H3,(H,37,46)(H,38,45)(H,39,44)(H,40,43)/t21-,24?,26-,27-,28-/m0/s1. The molecule has 5 atom stereocenters. The van der Waals surface area contributed by atoms with Gasteiger partial charge in [0, 0.05) is 25.0 Å². The van der Waals surface area contributed by atoms with Gasteiger partial charge in [0.05, 0.1) is 12.2 Å². The van der Waals surface area contributed by atoms with Gasteiger partial charge in [-0.15, -0.1) is 0 Å². The first-order chi connectivity index (χ1) is 22.5. The molecule has 2 aliphatic carbocycles. The molecule has 0 bridgehead atoms. The number of carbonyl (C=O) groups excluding carboxylic acids is 6. The number of hydrogen-bond acceptors (Lipinski definition) is 8. The van der Waals surface area contributed by atoms with Gasteiger partial charge < -0.3 is 26.2 Å². The molecule has 13 nitrogen and oxygen atoms in total. The van der Waals surface area contributed by atoms with E-state index >= 15 is 0 Å². The van der Waals surface area contributed by atoms with Gasteiger partial charge in [-0.1, -0.05) is 59.8 Å². The molecule has 0 aromatic carbocycles. The number of likely N-dealkylation sites (tertiary alicyclic amines) is 1. The summed E-state index contributed by atoms with van der Waals surface area (Å²) in [5.41, 5.74) is 0.0963. The molecule has 5 amide bonds. The first-order valence-corrected chi connectivity index (χ1v) is 17.4. The molecule has 1 aliphatic heterocycles. The minimum absolute atomic E-state index is 0.0121. The van der Waals surface area contributed by atoms with Crippen LogP contribution in [0, 0.1) is 17.8 Å². The van der Waals surface area contributed by atoms with Gasteiger partial charge in [0.2, 0.25) is 23.5 Å². The van der Waals surface area contributed by atoms with E-state index < -0.39 is 59.5 Å². The van der Waals surface area contributed by atoms with E-state index in [0.29, 0.717) is 32.2 Å². The molecular weight excluding hydrogens is 602 g/mol. The molecule has 3 aliphatic rings. The Hall–Kier alpha value is -3.90. The number of hydrogen-bond donors (Lipinski definition) is 4. The fraction of sp³-hybridized carbons (Fsp3) is 0.706. The summed E-state index contributed by atoms with van der Waals surface area (Å²) in [6, 6.07) is -3.66. The van der Waals surface area contributed by atoms with Gasteiger partial charge in [-0.2, -0.15) is 0 Å². The van der Waals surface area contributed by atoms with Crippen LogP contribution in [0.1, 0.15) is 109 Å². The third-order valence-electron chi connectivity index (χ3n) is 9.66. The van der Waals surface area contributed by atoms with Crippen molar-refractivity contribution in [3.8, 4) is 0 Å². The molecule has 0 radical (unpaired) electrons. The van der Waals surface area contributed by atoms with E-state index in [4.69, 9.17) is 0 Å². The zero-order valence-corrected chi connectivity index (χ0v) is 28.1. The number of ketones is 1. The number of nitrogens with zero attached hydrogens (tertiary/aromatic N) is 3. The molecule has 13 heteroatoms. The van der Waals surface area contributed by atoms with Crippen LogP contribution in [0.3, 0.4) is 0 Å². The number of rotatable bonds is 15. The molecule has 47 heavy (non-hydrogen) atoms. The number of nitrogens with one attached hydrogen (secondary N) is 4. The first kappa shape index (κ1) is 35.9. The molecule has 4 rings (SSSR count). The van der Waals surface area contributed by atoms with Gasteiger partial charge >= 0.3 is 0 Å². The van der Waals surface area contributed by atoms with Crippen molar-refractivity contribution >= 4 is 35.3 Å². The molecule has 1 saturated heterocycles. The van der Waals surface area contributed by atoms with Crippen LogP contribution in [0.4, 0.5) is 0 Å². The highest BCUT2D eigenvalue weighted by Crippen LogP contribution is 2.30. The molecule has 2 saturated carbocycles. The Labute approximate surface area is 277 Å². The van der Waals surface area contributed by atoms with Crippen molar-refractivity contribution in [2.75, 3.05) is 6.54 Å². The van der Waals surface area contributed by atoms with Gasteiger partial charge in [0.1, 0.15) is 23.8 Å². The Morgan fingerprint density at radius 3 is 2.23 bits per heavy atom. The molecule has 1 unspecified atom stereocenters. The molecule has 0 spiro atoms. The number of carbonyl (C=O) groups is 6. The molecule has 1 aromatic rings. The summed E-state index contributed by atoms with van der Waals surface area (Å²) in [5, 5.41) is 11.3. The Bertz CT molecular complexity index is 1280. The second-order valence-corrected chi connectivity index (χ2v) is 13.6. The van der Waals surface area contributed by atoms with Gasteiger partial charge in [0.25, 0.3) is 11.8 Å². The van der Waals surface area contributed by atoms with Crippen LogP contribution in [0.5, 0.6) is 0 Å². The number of Topliss-reactive ketones (excluding diaryl/α,β-unsaturated/α-hetero) is 1. The molecule has 2 heterocycles. The highest BCUT2D eigenvalue weighted by atomic mass is 16.2. The summed E-state index contributed by atoms with van der Waals surface area (Å²) in [6.07, 6.45) is 12.5. The van der Waals surface area contributed by atoms with Crippen LogP contribution in [-0.2, 0) is 24.0 Å². The summed E-state index contributed by atoms with van der Waals surface area (Å²) in [6.45, 7) is 7.80. The average molecular weight is 654 g/mol. The second-order valence-electron chi connectivity index (χ2n) is 13.6. The summed E-state index contributed by atoms with van der Waals surface area (Å²) >= 11 is 0. The van der Waals surface area contributed by atoms with E-state index in [1.165, 1.54) is 23.5 Å². The Balaban J connectivity index is 1.50. The summed E-state index contributed by atoms with van der Waals surface area (Å²) in [4.78, 5) is 90.1. The predicted octanol–water partition coefficient (Wildman–Crippen LogP) is 2.06. The summed E-state index contributed by atoms with van der Waals surface area (Å²) in [5.74, 6) is -3.78. The van der Waals surface area contributed by atoms with Crippen molar-refractivity contribution in [3.05, 3.63) is 24.3 Å². The Morgan fingerprint density at radius 1 is 0.915 bits per heavy atom. The summed E-state index contributed by atoms with van der Waals surface area (Å²) < 4.78 is 0. The van der Waals surface area contributed by atoms with Crippen LogP contribution >= 0.6 is 0 Å². The third-order valence-corrected chi connectivity index (χ3v) is 9.66. The van der Waals surface area contributed by atoms with Crippen LogP contribution in [0.15, 0.2) is 18.6 Å². The molecule has 4 N–H and O–H groups in total. The normalized spacial score (nSPS) is 21.8. The minimum Gasteiger partial charge on any atom is -0.347 e. The quantitative estimate of drug-likeness (QED) is 0.208. The van der Waals surface area contributed by atoms with Crippen LogP contribution in [0.25, 0.3) is 0 Å². The van der Waals surface area contributed by atoms with E-state index in [1.54, 1.807) is 0 Å². The molecule has 3 fully saturated rings. The monoisotopic (exact) mass is 653 g/mol. The lowest BCUT2D eigenvalue weighted by molar-refractivity contribution is -0.145.